The van der Waals surface area contributed by atoms with Gasteiger partial charge in [0.05, 0.1) is 10.9 Å². The van der Waals surface area contributed by atoms with Crippen molar-refractivity contribution in [1.82, 2.24) is 10.3 Å². The molecule has 84 valence electrons. The van der Waals surface area contributed by atoms with Crippen LogP contribution in [-0.2, 0) is 0 Å². The molecule has 0 amide bonds. The van der Waals surface area contributed by atoms with E-state index in [-0.39, 0.29) is 0 Å². The van der Waals surface area contributed by atoms with Gasteiger partial charge in [-0.25, -0.2) is 0 Å². The molecule has 0 aromatic heterocycles. The van der Waals surface area contributed by atoms with Gasteiger partial charge in [-0.05, 0) is 19.3 Å². The first-order chi connectivity index (χ1) is 7.22. The molecule has 0 aromatic rings. The predicted molar refractivity (Wildman–Crippen MR) is 63.7 cm³/mol. The van der Waals surface area contributed by atoms with Crippen LogP contribution in [-0.4, -0.2) is 41.1 Å². The molecule has 15 heavy (non-hydrogen) atoms. The van der Waals surface area contributed by atoms with E-state index in [1.807, 2.05) is 23.8 Å². The Kier molecular flexibility index (Phi) is 2.41. The fourth-order valence-corrected chi connectivity index (χ4v) is 3.37. The lowest BCUT2D eigenvalue weighted by atomic mass is 9.87. The maximum absolute atomic E-state index is 5.77. The van der Waals surface area contributed by atoms with E-state index < -0.39 is 0 Å². The zero-order valence-corrected chi connectivity index (χ0v) is 9.83. The fourth-order valence-electron chi connectivity index (χ4n) is 2.32. The van der Waals surface area contributed by atoms with E-state index in [1.54, 1.807) is 0 Å². The molecule has 2 saturated carbocycles. The van der Waals surface area contributed by atoms with Gasteiger partial charge in [0.15, 0.2) is 0 Å². The van der Waals surface area contributed by atoms with E-state index in [9.17, 15) is 0 Å². The van der Waals surface area contributed by atoms with Gasteiger partial charge in [-0.3, -0.25) is 5.01 Å². The van der Waals surface area contributed by atoms with Gasteiger partial charge in [0.1, 0.15) is 0 Å². The molecule has 2 fully saturated rings. The second-order valence-electron chi connectivity index (χ2n) is 4.91. The smallest absolute Gasteiger partial charge is 0.0998 e. The number of rotatable bonds is 3. The van der Waals surface area contributed by atoms with Crippen molar-refractivity contribution < 1.29 is 0 Å². The van der Waals surface area contributed by atoms with Gasteiger partial charge in [-0.2, -0.15) is 5.10 Å². The van der Waals surface area contributed by atoms with Gasteiger partial charge < -0.3 is 11.1 Å². The fraction of sp³-hybridized carbons (Fsp3) is 0.900. The van der Waals surface area contributed by atoms with Crippen LogP contribution in [0.3, 0.4) is 0 Å². The van der Waals surface area contributed by atoms with E-state index in [4.69, 9.17) is 5.73 Å². The summed E-state index contributed by atoms with van der Waals surface area (Å²) in [4.78, 5) is 0. The number of nitrogens with zero attached hydrogens (tertiary/aromatic N) is 2. The van der Waals surface area contributed by atoms with E-state index in [1.165, 1.54) is 11.5 Å². The molecule has 1 heterocycles. The van der Waals surface area contributed by atoms with Crippen molar-refractivity contribution in [3.05, 3.63) is 0 Å². The van der Waals surface area contributed by atoms with Crippen LogP contribution in [0.15, 0.2) is 5.10 Å². The average Bonchev–Trinajstić information content (AvgIpc) is 2.78. The zero-order valence-electron chi connectivity index (χ0n) is 9.02. The maximum atomic E-state index is 5.77. The van der Waals surface area contributed by atoms with Crippen LogP contribution in [0.4, 0.5) is 0 Å². The van der Waals surface area contributed by atoms with Gasteiger partial charge >= 0.3 is 0 Å². The Labute approximate surface area is 94.6 Å². The SMILES string of the molecule is CN1CSC(C2CC2NC2CC(N)C2)=N1. The molecule has 4 nitrogen and oxygen atoms in total. The molecular weight excluding hydrogens is 208 g/mol. The summed E-state index contributed by atoms with van der Waals surface area (Å²) < 4.78 is 0. The van der Waals surface area contributed by atoms with Gasteiger partial charge in [0.25, 0.3) is 0 Å². The molecule has 3 rings (SSSR count). The highest BCUT2D eigenvalue weighted by molar-refractivity contribution is 8.14. The number of hydrogen-bond donors (Lipinski definition) is 2. The number of nitrogens with two attached hydrogens (primary N) is 1. The van der Waals surface area contributed by atoms with Crippen LogP contribution < -0.4 is 11.1 Å². The standard InChI is InChI=1S/C10H18N4S/c1-14-5-15-10(13-14)8-4-9(8)12-7-2-6(11)3-7/h6-9,12H,2-5,11H2,1H3. The zero-order chi connectivity index (χ0) is 10.4. The van der Waals surface area contributed by atoms with Crippen LogP contribution in [0, 0.1) is 5.92 Å². The minimum absolute atomic E-state index is 0.448. The molecule has 2 atom stereocenters. The summed E-state index contributed by atoms with van der Waals surface area (Å²) in [7, 11) is 2.04. The molecule has 1 aliphatic heterocycles. The third-order valence-electron chi connectivity index (χ3n) is 3.40. The minimum Gasteiger partial charge on any atom is -0.328 e. The molecule has 2 unspecified atom stereocenters. The average molecular weight is 226 g/mol. The Morgan fingerprint density at radius 1 is 1.47 bits per heavy atom. The van der Waals surface area contributed by atoms with E-state index >= 15 is 0 Å². The summed E-state index contributed by atoms with van der Waals surface area (Å²) >= 11 is 1.89. The summed E-state index contributed by atoms with van der Waals surface area (Å²) in [5.41, 5.74) is 5.77. The summed E-state index contributed by atoms with van der Waals surface area (Å²) in [5, 5.41) is 11.5. The van der Waals surface area contributed by atoms with Crippen LogP contribution in [0.2, 0.25) is 0 Å². The normalized spacial score (nSPS) is 43.9. The highest BCUT2D eigenvalue weighted by Gasteiger charge is 2.45. The summed E-state index contributed by atoms with van der Waals surface area (Å²) in [6, 6.07) is 1.81. The second kappa shape index (κ2) is 3.64. The van der Waals surface area contributed by atoms with E-state index in [0.717, 1.165) is 18.7 Å². The van der Waals surface area contributed by atoms with Crippen molar-refractivity contribution in [1.29, 1.82) is 0 Å². The first-order valence-electron chi connectivity index (χ1n) is 5.66. The predicted octanol–water partition coefficient (Wildman–Crippen LogP) is 0.404. The van der Waals surface area contributed by atoms with Crippen LogP contribution in [0.1, 0.15) is 19.3 Å². The topological polar surface area (TPSA) is 53.6 Å². The Morgan fingerprint density at radius 2 is 2.27 bits per heavy atom. The lowest BCUT2D eigenvalue weighted by Gasteiger charge is -2.33. The Hall–Kier alpha value is -0.260. The minimum atomic E-state index is 0.448. The van der Waals surface area contributed by atoms with Gasteiger partial charge in [-0.1, -0.05) is 11.8 Å². The molecule has 0 bridgehead atoms. The first-order valence-corrected chi connectivity index (χ1v) is 6.65. The highest BCUT2D eigenvalue weighted by Crippen LogP contribution is 2.39. The number of hydrazone groups is 1. The molecule has 0 radical (unpaired) electrons. The Bertz CT molecular complexity index is 287. The molecular formula is C10H18N4S. The van der Waals surface area contributed by atoms with Crippen molar-refractivity contribution >= 4 is 16.8 Å². The van der Waals surface area contributed by atoms with Crippen molar-refractivity contribution in [3.8, 4) is 0 Å². The lowest BCUT2D eigenvalue weighted by molar-refractivity contribution is 0.289. The molecule has 0 aromatic carbocycles. The van der Waals surface area contributed by atoms with Gasteiger partial charge in [-0.15, -0.1) is 0 Å². The highest BCUT2D eigenvalue weighted by atomic mass is 32.2. The largest absolute Gasteiger partial charge is 0.328 e. The summed E-state index contributed by atoms with van der Waals surface area (Å²) in [5.74, 6) is 1.71. The third kappa shape index (κ3) is 2.00. The molecule has 5 heteroatoms. The molecule has 3 N–H and O–H groups in total. The van der Waals surface area contributed by atoms with Crippen LogP contribution in [0.25, 0.3) is 0 Å². The third-order valence-corrected chi connectivity index (χ3v) is 4.58. The van der Waals surface area contributed by atoms with E-state index in [2.05, 4.69) is 10.4 Å². The van der Waals surface area contributed by atoms with Gasteiger partial charge in [0.2, 0.25) is 0 Å². The van der Waals surface area contributed by atoms with Crippen molar-refractivity contribution in [3.63, 3.8) is 0 Å². The lowest BCUT2D eigenvalue weighted by Crippen LogP contribution is -2.49. The molecule has 0 spiro atoms. The van der Waals surface area contributed by atoms with Crippen molar-refractivity contribution in [2.75, 3.05) is 12.9 Å². The second-order valence-corrected chi connectivity index (χ2v) is 5.88. The quantitative estimate of drug-likeness (QED) is 0.731. The number of nitrogens with one attached hydrogen (secondary N) is 1. The maximum Gasteiger partial charge on any atom is 0.0998 e. The Morgan fingerprint density at radius 3 is 2.87 bits per heavy atom. The van der Waals surface area contributed by atoms with Gasteiger partial charge in [0, 0.05) is 31.1 Å². The number of hydrogen-bond acceptors (Lipinski definition) is 5. The van der Waals surface area contributed by atoms with Crippen molar-refractivity contribution in [2.24, 2.45) is 16.8 Å². The molecule has 3 aliphatic rings. The summed E-state index contributed by atoms with van der Waals surface area (Å²) in [6.45, 7) is 0. The Balaban J connectivity index is 1.46. The first kappa shape index (κ1) is 9.93. The molecule has 2 aliphatic carbocycles. The monoisotopic (exact) mass is 226 g/mol. The van der Waals surface area contributed by atoms with Crippen LogP contribution in [0.5, 0.6) is 0 Å². The number of thioether (sulfide) groups is 1. The van der Waals surface area contributed by atoms with E-state index in [0.29, 0.717) is 24.0 Å². The van der Waals surface area contributed by atoms with Crippen LogP contribution >= 0.6 is 11.8 Å². The van der Waals surface area contributed by atoms with Crippen molar-refractivity contribution in [2.45, 2.75) is 37.4 Å². The molecule has 0 saturated heterocycles. The summed E-state index contributed by atoms with van der Waals surface area (Å²) in [6.07, 6.45) is 3.58.